The molecule has 130 valence electrons. The average Bonchev–Trinajstić information content (AvgIpc) is 2.62. The summed E-state index contributed by atoms with van der Waals surface area (Å²) in [6.45, 7) is 4.04. The summed E-state index contributed by atoms with van der Waals surface area (Å²) >= 11 is 3.34. The van der Waals surface area contributed by atoms with Gasteiger partial charge in [-0.05, 0) is 42.2 Å². The van der Waals surface area contributed by atoms with Gasteiger partial charge in [-0.15, -0.1) is 0 Å². The number of nitrogens with one attached hydrogen (secondary N) is 1. The summed E-state index contributed by atoms with van der Waals surface area (Å²) in [4.78, 5) is 23.2. The Morgan fingerprint density at radius 3 is 2.50 bits per heavy atom. The molecular weight excluding hydrogens is 374 g/mol. The fourth-order valence-corrected chi connectivity index (χ4v) is 2.62. The van der Waals surface area contributed by atoms with Crippen LogP contribution in [0.3, 0.4) is 0 Å². The topological polar surface area (TPSA) is 86.6 Å². The SMILES string of the molecule is CC.O=C(NCc1cc(C(=O)O)ccc1Br)C1=CCCC=C1CO. The van der Waals surface area contributed by atoms with Gasteiger partial charge in [0.25, 0.3) is 5.91 Å². The van der Waals surface area contributed by atoms with Gasteiger partial charge < -0.3 is 15.5 Å². The number of rotatable bonds is 5. The molecule has 0 atom stereocenters. The quantitative estimate of drug-likeness (QED) is 0.712. The van der Waals surface area contributed by atoms with E-state index in [1.165, 1.54) is 12.1 Å². The summed E-state index contributed by atoms with van der Waals surface area (Å²) in [5.74, 6) is -1.28. The zero-order chi connectivity index (χ0) is 18.1. The van der Waals surface area contributed by atoms with Crippen LogP contribution < -0.4 is 5.32 Å². The number of amides is 1. The molecule has 1 aliphatic rings. The van der Waals surface area contributed by atoms with Crippen molar-refractivity contribution in [2.45, 2.75) is 33.2 Å². The average molecular weight is 396 g/mol. The minimum Gasteiger partial charge on any atom is -0.478 e. The van der Waals surface area contributed by atoms with E-state index in [4.69, 9.17) is 5.11 Å². The van der Waals surface area contributed by atoms with Gasteiger partial charge >= 0.3 is 5.97 Å². The maximum Gasteiger partial charge on any atom is 0.335 e. The second-order valence-electron chi connectivity index (χ2n) is 4.88. The lowest BCUT2D eigenvalue weighted by molar-refractivity contribution is -0.117. The summed E-state index contributed by atoms with van der Waals surface area (Å²) < 4.78 is 0.730. The van der Waals surface area contributed by atoms with Crippen molar-refractivity contribution in [1.82, 2.24) is 5.32 Å². The number of carbonyl (C=O) groups excluding carboxylic acids is 1. The molecule has 0 aromatic heterocycles. The Bertz CT molecular complexity index is 665. The lowest BCUT2D eigenvalue weighted by atomic mass is 9.97. The molecule has 6 heteroatoms. The van der Waals surface area contributed by atoms with Crippen molar-refractivity contribution in [2.24, 2.45) is 0 Å². The van der Waals surface area contributed by atoms with Crippen LogP contribution in [0.5, 0.6) is 0 Å². The normalized spacial score (nSPS) is 13.2. The van der Waals surface area contributed by atoms with E-state index in [2.05, 4.69) is 21.2 Å². The molecular formula is C18H22BrNO4. The minimum atomic E-state index is -1.01. The number of aromatic carboxylic acids is 1. The first-order chi connectivity index (χ1) is 11.5. The molecule has 0 spiro atoms. The predicted molar refractivity (Wildman–Crippen MR) is 96.8 cm³/mol. The molecule has 1 aliphatic carbocycles. The highest BCUT2D eigenvalue weighted by atomic mass is 79.9. The number of carboxylic acids is 1. The van der Waals surface area contributed by atoms with Crippen molar-refractivity contribution < 1.29 is 19.8 Å². The smallest absolute Gasteiger partial charge is 0.335 e. The van der Waals surface area contributed by atoms with Crippen LogP contribution in [0.4, 0.5) is 0 Å². The van der Waals surface area contributed by atoms with E-state index in [0.717, 1.165) is 17.3 Å². The molecule has 1 amide bonds. The van der Waals surface area contributed by atoms with Crippen molar-refractivity contribution >= 4 is 27.8 Å². The number of aliphatic hydroxyl groups excluding tert-OH is 1. The summed E-state index contributed by atoms with van der Waals surface area (Å²) in [6.07, 6.45) is 5.25. The molecule has 0 unspecified atom stereocenters. The van der Waals surface area contributed by atoms with Crippen LogP contribution in [0.1, 0.15) is 42.6 Å². The molecule has 0 saturated heterocycles. The molecule has 5 nitrogen and oxygen atoms in total. The van der Waals surface area contributed by atoms with Crippen LogP contribution in [0.25, 0.3) is 0 Å². The molecule has 3 N–H and O–H groups in total. The van der Waals surface area contributed by atoms with E-state index in [9.17, 15) is 14.7 Å². The highest BCUT2D eigenvalue weighted by Crippen LogP contribution is 2.21. The highest BCUT2D eigenvalue weighted by molar-refractivity contribution is 9.10. The van der Waals surface area contributed by atoms with Gasteiger partial charge in [0, 0.05) is 16.6 Å². The molecule has 0 heterocycles. The minimum absolute atomic E-state index is 0.167. The number of allylic oxidation sites excluding steroid dienone is 2. The van der Waals surface area contributed by atoms with E-state index in [1.54, 1.807) is 6.07 Å². The number of carboxylic acid groups (broad SMARTS) is 1. The Balaban J connectivity index is 0.00000139. The molecule has 0 aliphatic heterocycles. The zero-order valence-corrected chi connectivity index (χ0v) is 15.4. The summed E-state index contributed by atoms with van der Waals surface area (Å²) in [6, 6.07) is 4.66. The van der Waals surface area contributed by atoms with Gasteiger partial charge in [0.15, 0.2) is 0 Å². The van der Waals surface area contributed by atoms with Crippen LogP contribution in [-0.2, 0) is 11.3 Å². The Hall–Kier alpha value is -1.92. The third-order valence-electron chi connectivity index (χ3n) is 3.40. The molecule has 0 radical (unpaired) electrons. The van der Waals surface area contributed by atoms with Crippen LogP contribution in [0, 0.1) is 0 Å². The highest BCUT2D eigenvalue weighted by Gasteiger charge is 2.16. The maximum atomic E-state index is 12.2. The van der Waals surface area contributed by atoms with Crippen LogP contribution in [0.15, 0.2) is 46.0 Å². The lowest BCUT2D eigenvalue weighted by Gasteiger charge is -2.15. The van der Waals surface area contributed by atoms with Crippen molar-refractivity contribution in [3.05, 3.63) is 57.1 Å². The molecule has 2 rings (SSSR count). The third-order valence-corrected chi connectivity index (χ3v) is 4.17. The second kappa shape index (κ2) is 10.1. The van der Waals surface area contributed by atoms with Crippen LogP contribution >= 0.6 is 15.9 Å². The van der Waals surface area contributed by atoms with Gasteiger partial charge in [-0.25, -0.2) is 4.79 Å². The molecule has 1 aromatic carbocycles. The van der Waals surface area contributed by atoms with E-state index in [0.29, 0.717) is 16.7 Å². The first kappa shape index (κ1) is 20.1. The van der Waals surface area contributed by atoms with E-state index in [1.807, 2.05) is 26.0 Å². The molecule has 0 saturated carbocycles. The van der Waals surface area contributed by atoms with Crippen molar-refractivity contribution in [3.8, 4) is 0 Å². The Labute approximate surface area is 150 Å². The maximum absolute atomic E-state index is 12.2. The van der Waals surface area contributed by atoms with Gasteiger partial charge in [-0.1, -0.05) is 41.9 Å². The van der Waals surface area contributed by atoms with Crippen molar-refractivity contribution in [1.29, 1.82) is 0 Å². The van der Waals surface area contributed by atoms with E-state index < -0.39 is 5.97 Å². The number of hydrogen-bond donors (Lipinski definition) is 3. The lowest BCUT2D eigenvalue weighted by Crippen LogP contribution is -2.27. The fraction of sp³-hybridized carbons (Fsp3) is 0.333. The summed E-state index contributed by atoms with van der Waals surface area (Å²) in [5.41, 5.74) is 1.96. The van der Waals surface area contributed by atoms with Crippen LogP contribution in [-0.4, -0.2) is 28.7 Å². The van der Waals surface area contributed by atoms with Crippen molar-refractivity contribution in [3.63, 3.8) is 0 Å². The first-order valence-corrected chi connectivity index (χ1v) is 8.62. The number of benzene rings is 1. The fourth-order valence-electron chi connectivity index (χ4n) is 2.23. The molecule has 24 heavy (non-hydrogen) atoms. The standard InChI is InChI=1S/C16H16BrNO4.C2H6/c17-14-6-5-10(16(21)22)7-12(14)8-18-15(20)13-4-2-1-3-11(13)9-19;1-2/h3-7,19H,1-2,8-9H2,(H,18,20)(H,21,22);1-2H3. The zero-order valence-electron chi connectivity index (χ0n) is 13.8. The van der Waals surface area contributed by atoms with E-state index in [-0.39, 0.29) is 24.6 Å². The molecule has 0 fully saturated rings. The number of aliphatic hydroxyl groups is 1. The summed E-state index contributed by atoms with van der Waals surface area (Å²) in [5, 5.41) is 21.0. The summed E-state index contributed by atoms with van der Waals surface area (Å²) in [7, 11) is 0. The van der Waals surface area contributed by atoms with Gasteiger partial charge in [-0.2, -0.15) is 0 Å². The van der Waals surface area contributed by atoms with Gasteiger partial charge in [0.1, 0.15) is 0 Å². The second-order valence-corrected chi connectivity index (χ2v) is 5.73. The van der Waals surface area contributed by atoms with Crippen molar-refractivity contribution in [2.75, 3.05) is 6.61 Å². The molecule has 1 aromatic rings. The number of halogens is 1. The van der Waals surface area contributed by atoms with Gasteiger partial charge in [-0.3, -0.25) is 4.79 Å². The Morgan fingerprint density at radius 2 is 1.88 bits per heavy atom. The van der Waals surface area contributed by atoms with E-state index >= 15 is 0 Å². The number of carbonyl (C=O) groups is 2. The van der Waals surface area contributed by atoms with Crippen LogP contribution in [0.2, 0.25) is 0 Å². The monoisotopic (exact) mass is 395 g/mol. The molecule has 0 bridgehead atoms. The predicted octanol–water partition coefficient (Wildman–Crippen LogP) is 3.43. The largest absolute Gasteiger partial charge is 0.478 e. The first-order valence-electron chi connectivity index (χ1n) is 7.83. The Kier molecular flexibility index (Phi) is 8.43. The third kappa shape index (κ3) is 5.32. The Morgan fingerprint density at radius 1 is 1.21 bits per heavy atom. The van der Waals surface area contributed by atoms with Gasteiger partial charge in [0.2, 0.25) is 0 Å². The van der Waals surface area contributed by atoms with Gasteiger partial charge in [0.05, 0.1) is 12.2 Å². The number of hydrogen-bond acceptors (Lipinski definition) is 3.